The lowest BCUT2D eigenvalue weighted by molar-refractivity contribution is -0.143. The molecule has 7 nitrogen and oxygen atoms in total. The minimum atomic E-state index is -0.827. The highest BCUT2D eigenvalue weighted by atomic mass is 16.6. The number of hydrogen-bond acceptors (Lipinski definition) is 4. The zero-order chi connectivity index (χ0) is 26.9. The van der Waals surface area contributed by atoms with Gasteiger partial charge < -0.3 is 20.3 Å². The molecular formula is C28H47N3O4. The van der Waals surface area contributed by atoms with Crippen molar-refractivity contribution in [1.29, 1.82) is 0 Å². The summed E-state index contributed by atoms with van der Waals surface area (Å²) in [5.74, 6) is -0.714. The van der Waals surface area contributed by atoms with Crippen LogP contribution in [0.5, 0.6) is 0 Å². The first-order chi connectivity index (χ1) is 16.2. The number of aryl methyl sites for hydroxylation is 2. The minimum Gasteiger partial charge on any atom is -0.444 e. The average Bonchev–Trinajstić information content (AvgIpc) is 2.71. The van der Waals surface area contributed by atoms with E-state index in [0.717, 1.165) is 36.0 Å². The summed E-state index contributed by atoms with van der Waals surface area (Å²) in [5.41, 5.74) is 2.25. The summed E-state index contributed by atoms with van der Waals surface area (Å²) in [6.07, 6.45) is 2.03. The number of alkyl carbamates (subject to hydrolysis) is 1. The first-order valence-electron chi connectivity index (χ1n) is 12.8. The van der Waals surface area contributed by atoms with Crippen LogP contribution in [0.1, 0.15) is 97.4 Å². The van der Waals surface area contributed by atoms with Gasteiger partial charge in [0.15, 0.2) is 0 Å². The lowest BCUT2D eigenvalue weighted by atomic mass is 9.96. The Hall–Kier alpha value is -2.57. The van der Waals surface area contributed by atoms with Crippen LogP contribution in [0.25, 0.3) is 0 Å². The van der Waals surface area contributed by atoms with Gasteiger partial charge >= 0.3 is 6.09 Å². The van der Waals surface area contributed by atoms with Gasteiger partial charge in [-0.15, -0.1) is 0 Å². The van der Waals surface area contributed by atoms with E-state index in [1.807, 2.05) is 59.7 Å². The summed E-state index contributed by atoms with van der Waals surface area (Å²) < 4.78 is 5.42. The molecule has 0 aliphatic rings. The van der Waals surface area contributed by atoms with Crippen molar-refractivity contribution in [2.45, 2.75) is 112 Å². The van der Waals surface area contributed by atoms with Crippen molar-refractivity contribution in [3.63, 3.8) is 0 Å². The van der Waals surface area contributed by atoms with Crippen molar-refractivity contribution in [2.75, 3.05) is 6.54 Å². The van der Waals surface area contributed by atoms with E-state index in [1.165, 1.54) is 0 Å². The number of rotatable bonds is 11. The van der Waals surface area contributed by atoms with E-state index >= 15 is 0 Å². The van der Waals surface area contributed by atoms with E-state index in [2.05, 4.69) is 17.6 Å². The number of benzene rings is 1. The van der Waals surface area contributed by atoms with E-state index in [1.54, 1.807) is 25.7 Å². The third kappa shape index (κ3) is 9.90. The summed E-state index contributed by atoms with van der Waals surface area (Å²) in [6.45, 7) is 19.4. The van der Waals surface area contributed by atoms with Crippen LogP contribution in [0.2, 0.25) is 0 Å². The molecule has 0 heterocycles. The maximum absolute atomic E-state index is 14.0. The lowest BCUT2D eigenvalue weighted by Crippen LogP contribution is -2.55. The van der Waals surface area contributed by atoms with Crippen LogP contribution in [0.3, 0.4) is 0 Å². The number of unbranched alkanes of at least 4 members (excludes halogenated alkanes) is 2. The monoisotopic (exact) mass is 489 g/mol. The maximum atomic E-state index is 14.0. The number of carbonyl (C=O) groups is 3. The van der Waals surface area contributed by atoms with Gasteiger partial charge in [-0.1, -0.05) is 51.8 Å². The van der Waals surface area contributed by atoms with Gasteiger partial charge in [-0.2, -0.15) is 0 Å². The molecule has 7 heteroatoms. The second-order valence-corrected chi connectivity index (χ2v) is 11.0. The second-order valence-electron chi connectivity index (χ2n) is 11.0. The molecule has 1 aromatic rings. The van der Waals surface area contributed by atoms with Crippen molar-refractivity contribution in [1.82, 2.24) is 15.5 Å². The Balaban J connectivity index is 3.49. The molecular weight excluding hydrogens is 442 g/mol. The molecule has 2 atom stereocenters. The topological polar surface area (TPSA) is 87.7 Å². The highest BCUT2D eigenvalue weighted by Gasteiger charge is 2.37. The molecule has 0 bridgehead atoms. The Bertz CT molecular complexity index is 858. The van der Waals surface area contributed by atoms with E-state index in [9.17, 15) is 14.4 Å². The Morgan fingerprint density at radius 1 is 0.971 bits per heavy atom. The Kier molecular flexibility index (Phi) is 11.7. The van der Waals surface area contributed by atoms with Gasteiger partial charge in [0, 0.05) is 12.6 Å². The normalized spacial score (nSPS) is 13.4. The Morgan fingerprint density at radius 2 is 1.60 bits per heavy atom. The third-order valence-corrected chi connectivity index (χ3v) is 5.73. The van der Waals surface area contributed by atoms with Crippen LogP contribution in [0, 0.1) is 19.8 Å². The van der Waals surface area contributed by atoms with Crippen molar-refractivity contribution < 1.29 is 19.1 Å². The fourth-order valence-electron chi connectivity index (χ4n) is 3.80. The summed E-state index contributed by atoms with van der Waals surface area (Å²) in [5, 5.41) is 5.76. The third-order valence-electron chi connectivity index (χ3n) is 5.73. The summed E-state index contributed by atoms with van der Waals surface area (Å²) in [6, 6.07) is 4.16. The molecule has 0 aliphatic carbocycles. The highest BCUT2D eigenvalue weighted by molar-refractivity contribution is 5.92. The van der Waals surface area contributed by atoms with Crippen molar-refractivity contribution in [2.24, 2.45) is 5.92 Å². The molecule has 1 rings (SSSR count). The van der Waals surface area contributed by atoms with Gasteiger partial charge in [0.25, 0.3) is 0 Å². The van der Waals surface area contributed by atoms with Gasteiger partial charge in [-0.05, 0) is 77.5 Å². The van der Waals surface area contributed by atoms with Crippen LogP contribution >= 0.6 is 0 Å². The number of carbonyl (C=O) groups excluding carboxylic acids is 3. The van der Waals surface area contributed by atoms with Gasteiger partial charge in [-0.25, -0.2) is 4.79 Å². The number of ether oxygens (including phenoxy) is 1. The minimum absolute atomic E-state index is 0.0788. The molecule has 2 N–H and O–H groups in total. The molecule has 3 amide bonds. The van der Waals surface area contributed by atoms with Crippen molar-refractivity contribution in [3.8, 4) is 0 Å². The molecule has 35 heavy (non-hydrogen) atoms. The summed E-state index contributed by atoms with van der Waals surface area (Å²) >= 11 is 0. The van der Waals surface area contributed by atoms with Crippen molar-refractivity contribution >= 4 is 17.9 Å². The molecule has 0 aromatic heterocycles. The molecule has 1 aromatic carbocycles. The average molecular weight is 490 g/mol. The second kappa shape index (κ2) is 13.5. The predicted molar refractivity (Wildman–Crippen MR) is 141 cm³/mol. The van der Waals surface area contributed by atoms with E-state index in [0.29, 0.717) is 6.54 Å². The smallest absolute Gasteiger partial charge is 0.408 e. The predicted octanol–water partition coefficient (Wildman–Crippen LogP) is 5.44. The fraction of sp³-hybridized carbons (Fsp3) is 0.679. The number of amides is 3. The molecule has 0 aliphatic heterocycles. The molecule has 0 spiro atoms. The van der Waals surface area contributed by atoms with Crippen LogP contribution in [-0.2, 0) is 14.3 Å². The SMILES string of the molecule is CCCCCN(C(=O)C(NC(=O)OC(C)(C)C)C(C)C)C(C(=O)NC(C)C)c1ccc(C)c(C)c1. The molecule has 0 fully saturated rings. The van der Waals surface area contributed by atoms with Gasteiger partial charge in [0.2, 0.25) is 11.8 Å². The number of hydrogen-bond donors (Lipinski definition) is 2. The first kappa shape index (κ1) is 30.5. The largest absolute Gasteiger partial charge is 0.444 e. The Morgan fingerprint density at radius 3 is 2.09 bits per heavy atom. The Labute approximate surface area is 212 Å². The maximum Gasteiger partial charge on any atom is 0.408 e. The van der Waals surface area contributed by atoms with E-state index in [-0.39, 0.29) is 23.8 Å². The summed E-state index contributed by atoms with van der Waals surface area (Å²) in [4.78, 5) is 41.7. The summed E-state index contributed by atoms with van der Waals surface area (Å²) in [7, 11) is 0. The van der Waals surface area contributed by atoms with Crippen LogP contribution in [-0.4, -0.2) is 47.0 Å². The molecule has 0 saturated heterocycles. The molecule has 2 unspecified atom stereocenters. The van der Waals surface area contributed by atoms with Crippen molar-refractivity contribution in [3.05, 3.63) is 34.9 Å². The highest BCUT2D eigenvalue weighted by Crippen LogP contribution is 2.26. The standard InChI is InChI=1S/C28H47N3O4/c1-11-12-13-16-31(26(33)23(18(2)3)30-27(34)35-28(8,9)10)24(25(32)29-19(4)5)22-15-14-20(6)21(7)17-22/h14-15,17-19,23-24H,11-13,16H2,1-10H3,(H,29,32)(H,30,34). The number of nitrogens with zero attached hydrogens (tertiary/aromatic N) is 1. The fourth-order valence-corrected chi connectivity index (χ4v) is 3.80. The van der Waals surface area contributed by atoms with Crippen LogP contribution < -0.4 is 10.6 Å². The molecule has 198 valence electrons. The van der Waals surface area contributed by atoms with Crippen LogP contribution in [0.15, 0.2) is 18.2 Å². The van der Waals surface area contributed by atoms with Gasteiger partial charge in [0.1, 0.15) is 17.7 Å². The zero-order valence-corrected chi connectivity index (χ0v) is 23.5. The zero-order valence-electron chi connectivity index (χ0n) is 23.5. The first-order valence-corrected chi connectivity index (χ1v) is 12.8. The van der Waals surface area contributed by atoms with E-state index in [4.69, 9.17) is 4.74 Å². The molecule has 0 saturated carbocycles. The van der Waals surface area contributed by atoms with E-state index < -0.39 is 23.8 Å². The quantitative estimate of drug-likeness (QED) is 0.405. The van der Waals surface area contributed by atoms with Gasteiger partial charge in [-0.3, -0.25) is 9.59 Å². The van der Waals surface area contributed by atoms with Gasteiger partial charge in [0.05, 0.1) is 0 Å². The van der Waals surface area contributed by atoms with Crippen LogP contribution in [0.4, 0.5) is 4.79 Å². The lowest BCUT2D eigenvalue weighted by Gasteiger charge is -2.36. The molecule has 0 radical (unpaired) electrons. The number of nitrogens with one attached hydrogen (secondary N) is 2.